The maximum Gasteiger partial charge on any atom is 0.228 e. The van der Waals surface area contributed by atoms with E-state index in [9.17, 15) is 4.79 Å². The lowest BCUT2D eigenvalue weighted by molar-refractivity contribution is -0.118. The number of nitrogens with zero attached hydrogens (tertiary/aromatic N) is 2. The van der Waals surface area contributed by atoms with Crippen molar-refractivity contribution in [2.45, 2.75) is 25.4 Å². The Balaban J connectivity index is 1.96. The highest BCUT2D eigenvalue weighted by Gasteiger charge is 2.20. The summed E-state index contributed by atoms with van der Waals surface area (Å²) in [6.45, 7) is 0.706. The van der Waals surface area contributed by atoms with Gasteiger partial charge in [-0.2, -0.15) is 5.10 Å². The molecule has 2 heterocycles. The molecule has 1 aliphatic heterocycles. The molecule has 0 aliphatic carbocycles. The summed E-state index contributed by atoms with van der Waals surface area (Å²) in [6, 6.07) is 0. The van der Waals surface area contributed by atoms with Gasteiger partial charge in [0.2, 0.25) is 5.91 Å². The molecule has 0 aromatic carbocycles. The maximum atomic E-state index is 11.7. The van der Waals surface area contributed by atoms with Crippen LogP contribution < -0.4 is 11.1 Å². The molecule has 1 amide bonds. The van der Waals surface area contributed by atoms with Crippen molar-refractivity contribution in [3.05, 3.63) is 11.8 Å². The lowest BCUT2D eigenvalue weighted by atomic mass is 10.2. The molecule has 98 valence electrons. The lowest BCUT2D eigenvalue weighted by Gasteiger charge is -2.09. The number of hydrogen-bond acceptors (Lipinski definition) is 5. The number of nitrogens with two attached hydrogens (primary N) is 1. The molecule has 0 saturated carbocycles. The molecule has 1 saturated heterocycles. The molecule has 8 heteroatoms. The van der Waals surface area contributed by atoms with Crippen LogP contribution in [0.5, 0.6) is 0 Å². The van der Waals surface area contributed by atoms with Crippen LogP contribution in [-0.2, 0) is 9.53 Å². The number of amides is 1. The number of ether oxygens (including phenoxy) is 1. The van der Waals surface area contributed by atoms with Crippen LogP contribution in [-0.4, -0.2) is 39.9 Å². The van der Waals surface area contributed by atoms with Crippen LogP contribution in [0.1, 0.15) is 24.8 Å². The molecule has 8 nitrogen and oxygen atoms in total. The van der Waals surface area contributed by atoms with E-state index in [4.69, 9.17) is 15.7 Å². The number of carbonyl (C=O) groups excluding carboxylic acids is 1. The molecule has 1 aromatic rings. The average molecular weight is 253 g/mol. The number of amidine groups is 1. The third kappa shape index (κ3) is 2.77. The molecule has 2 rings (SSSR count). The molecule has 0 bridgehead atoms. The highest BCUT2D eigenvalue weighted by molar-refractivity contribution is 6.04. The van der Waals surface area contributed by atoms with Gasteiger partial charge in [-0.05, 0) is 12.8 Å². The van der Waals surface area contributed by atoms with Crippen LogP contribution in [0.15, 0.2) is 11.4 Å². The Kier molecular flexibility index (Phi) is 3.78. The average Bonchev–Trinajstić information content (AvgIpc) is 2.99. The fraction of sp³-hybridized carbons (Fsp3) is 0.500. The largest absolute Gasteiger partial charge is 0.409 e. The van der Waals surface area contributed by atoms with Gasteiger partial charge in [0, 0.05) is 6.61 Å². The zero-order valence-electron chi connectivity index (χ0n) is 9.72. The molecule has 18 heavy (non-hydrogen) atoms. The predicted octanol–water partition coefficient (Wildman–Crippen LogP) is 0.0118. The molecule has 1 unspecified atom stereocenters. The Hall–Kier alpha value is -2.09. The van der Waals surface area contributed by atoms with E-state index in [2.05, 4.69) is 20.7 Å². The van der Waals surface area contributed by atoms with Crippen LogP contribution in [0.4, 0.5) is 5.82 Å². The second-order valence-electron chi connectivity index (χ2n) is 4.03. The molecule has 0 radical (unpaired) electrons. The fourth-order valence-electron chi connectivity index (χ4n) is 1.83. The summed E-state index contributed by atoms with van der Waals surface area (Å²) < 4.78 is 5.37. The summed E-state index contributed by atoms with van der Waals surface area (Å²) in [5.74, 6) is 0.00241. The van der Waals surface area contributed by atoms with Crippen molar-refractivity contribution >= 4 is 17.6 Å². The third-order valence-corrected chi connectivity index (χ3v) is 2.72. The number of carbonyl (C=O) groups is 1. The maximum absolute atomic E-state index is 11.7. The minimum absolute atomic E-state index is 0.0276. The summed E-state index contributed by atoms with van der Waals surface area (Å²) in [5.41, 5.74) is 5.79. The van der Waals surface area contributed by atoms with Crippen molar-refractivity contribution in [1.29, 1.82) is 0 Å². The summed E-state index contributed by atoms with van der Waals surface area (Å²) >= 11 is 0. The van der Waals surface area contributed by atoms with Gasteiger partial charge in [0.25, 0.3) is 0 Å². The Morgan fingerprint density at radius 1 is 1.78 bits per heavy atom. The molecule has 1 aliphatic rings. The summed E-state index contributed by atoms with van der Waals surface area (Å²) in [7, 11) is 0. The highest BCUT2D eigenvalue weighted by Crippen LogP contribution is 2.17. The van der Waals surface area contributed by atoms with E-state index in [1.54, 1.807) is 0 Å². The predicted molar refractivity (Wildman–Crippen MR) is 63.3 cm³/mol. The molecular formula is C10H15N5O3. The SMILES string of the molecule is NC(=NO)c1cn[nH]c1NC(=O)CC1CCCO1. The zero-order chi connectivity index (χ0) is 13.0. The van der Waals surface area contributed by atoms with Gasteiger partial charge in [-0.25, -0.2) is 0 Å². The summed E-state index contributed by atoms with van der Waals surface area (Å²) in [6.07, 6.45) is 3.51. The van der Waals surface area contributed by atoms with Crippen LogP contribution in [0.25, 0.3) is 0 Å². The van der Waals surface area contributed by atoms with Gasteiger partial charge in [0.1, 0.15) is 5.82 Å². The first-order valence-corrected chi connectivity index (χ1v) is 5.63. The summed E-state index contributed by atoms with van der Waals surface area (Å²) in [4.78, 5) is 11.7. The van der Waals surface area contributed by atoms with Gasteiger partial charge in [-0.3, -0.25) is 9.89 Å². The highest BCUT2D eigenvalue weighted by atomic mass is 16.5. The first-order chi connectivity index (χ1) is 8.70. The minimum atomic E-state index is -0.196. The van der Waals surface area contributed by atoms with E-state index in [1.165, 1.54) is 6.20 Å². The minimum Gasteiger partial charge on any atom is -0.409 e. The van der Waals surface area contributed by atoms with Crippen LogP contribution in [0.2, 0.25) is 0 Å². The number of aromatic amines is 1. The third-order valence-electron chi connectivity index (χ3n) is 2.72. The number of H-pyrrole nitrogens is 1. The molecule has 1 atom stereocenters. The number of hydrogen-bond donors (Lipinski definition) is 4. The van der Waals surface area contributed by atoms with E-state index in [0.29, 0.717) is 18.0 Å². The Morgan fingerprint density at radius 3 is 3.28 bits per heavy atom. The quantitative estimate of drug-likeness (QED) is 0.260. The zero-order valence-corrected chi connectivity index (χ0v) is 9.72. The second kappa shape index (κ2) is 5.50. The Labute approximate surface area is 103 Å². The van der Waals surface area contributed by atoms with Crippen LogP contribution in [0, 0.1) is 0 Å². The number of aromatic nitrogens is 2. The normalized spacial score (nSPS) is 20.0. The Bertz CT molecular complexity index is 450. The van der Waals surface area contributed by atoms with E-state index in [0.717, 1.165) is 12.8 Å². The first-order valence-electron chi connectivity index (χ1n) is 5.63. The molecule has 5 N–H and O–H groups in total. The van der Waals surface area contributed by atoms with Gasteiger partial charge < -0.3 is 21.0 Å². The second-order valence-corrected chi connectivity index (χ2v) is 4.03. The summed E-state index contributed by atoms with van der Waals surface area (Å²) in [5, 5.41) is 20.4. The smallest absolute Gasteiger partial charge is 0.228 e. The first kappa shape index (κ1) is 12.4. The van der Waals surface area contributed by atoms with E-state index >= 15 is 0 Å². The number of nitrogens with one attached hydrogen (secondary N) is 2. The molecule has 0 spiro atoms. The lowest BCUT2D eigenvalue weighted by Crippen LogP contribution is -2.22. The Morgan fingerprint density at radius 2 is 2.61 bits per heavy atom. The fourth-order valence-corrected chi connectivity index (χ4v) is 1.83. The van der Waals surface area contributed by atoms with Crippen molar-refractivity contribution < 1.29 is 14.7 Å². The number of rotatable bonds is 4. The molecule has 1 fully saturated rings. The van der Waals surface area contributed by atoms with Crippen molar-refractivity contribution in [3.63, 3.8) is 0 Å². The van der Waals surface area contributed by atoms with Crippen LogP contribution >= 0.6 is 0 Å². The van der Waals surface area contributed by atoms with E-state index in [-0.39, 0.29) is 24.3 Å². The molecular weight excluding hydrogens is 238 g/mol. The van der Waals surface area contributed by atoms with E-state index < -0.39 is 0 Å². The van der Waals surface area contributed by atoms with Crippen molar-refractivity contribution in [1.82, 2.24) is 10.2 Å². The van der Waals surface area contributed by atoms with Gasteiger partial charge >= 0.3 is 0 Å². The van der Waals surface area contributed by atoms with Gasteiger partial charge in [-0.15, -0.1) is 0 Å². The van der Waals surface area contributed by atoms with Gasteiger partial charge in [-0.1, -0.05) is 5.16 Å². The van der Waals surface area contributed by atoms with E-state index in [1.807, 2.05) is 0 Å². The number of anilines is 1. The van der Waals surface area contributed by atoms with Gasteiger partial charge in [0.05, 0.1) is 24.3 Å². The monoisotopic (exact) mass is 253 g/mol. The van der Waals surface area contributed by atoms with Crippen molar-refractivity contribution in [2.75, 3.05) is 11.9 Å². The van der Waals surface area contributed by atoms with Gasteiger partial charge in [0.15, 0.2) is 5.84 Å². The number of oxime groups is 1. The van der Waals surface area contributed by atoms with Crippen molar-refractivity contribution in [3.8, 4) is 0 Å². The van der Waals surface area contributed by atoms with Crippen LogP contribution in [0.3, 0.4) is 0 Å². The van der Waals surface area contributed by atoms with Crippen molar-refractivity contribution in [2.24, 2.45) is 10.9 Å². The molecule has 1 aromatic heterocycles. The topological polar surface area (TPSA) is 126 Å². The standard InChI is InChI=1S/C10H15N5O3/c11-9(15-17)7-5-12-14-10(7)13-8(16)4-6-2-1-3-18-6/h5-6,17H,1-4H2,(H2,11,15)(H2,12,13,14,16).